The maximum Gasteiger partial charge on any atom is 0.328 e. The fourth-order valence-electron chi connectivity index (χ4n) is 1.41. The van der Waals surface area contributed by atoms with E-state index < -0.39 is 18.6 Å². The van der Waals surface area contributed by atoms with Gasteiger partial charge in [-0.15, -0.1) is 0 Å². The molecule has 0 aromatic heterocycles. The quantitative estimate of drug-likeness (QED) is 0.214. The predicted molar refractivity (Wildman–Crippen MR) is 82.1 cm³/mol. The van der Waals surface area contributed by atoms with Gasteiger partial charge in [-0.3, -0.25) is 4.79 Å². The molecular weight excluding hydrogens is 363 g/mol. The summed E-state index contributed by atoms with van der Waals surface area (Å²) in [4.78, 5) is 21.9. The first-order valence-electron chi connectivity index (χ1n) is 5.93. The molecule has 1 amide bonds. The van der Waals surface area contributed by atoms with Crippen molar-refractivity contribution in [3.63, 3.8) is 0 Å². The molecule has 2 atom stereocenters. The standard InChI is InChI=1S/C11H21NO4S2.Na.Zn/c13-7-9(11(15)16)12-10(14)4-2-1-3-8(18)5-6-17;;/h8-9,13,17-18H,1-7H2,(H,12,14)(H,15,16);;/t8?,9-;;/m0../s1. The molecule has 5 nitrogen and oxygen atoms in total. The molecule has 109 valence electrons. The van der Waals surface area contributed by atoms with E-state index in [0.29, 0.717) is 11.7 Å². The Balaban J connectivity index is -0.00000144. The second-order valence-electron chi connectivity index (χ2n) is 4.05. The minimum Gasteiger partial charge on any atom is -0.480 e. The molecular formula is C11H21NNaO4S2Zn. The van der Waals surface area contributed by atoms with Gasteiger partial charge in [0, 0.05) is 60.7 Å². The van der Waals surface area contributed by atoms with E-state index in [1.165, 1.54) is 0 Å². The Kier molecular flexibility index (Phi) is 21.7. The summed E-state index contributed by atoms with van der Waals surface area (Å²) in [7, 11) is 0. The molecule has 0 aliphatic heterocycles. The predicted octanol–water partition coefficient (Wildman–Crippen LogP) is 0.343. The summed E-state index contributed by atoms with van der Waals surface area (Å²) in [6.45, 7) is -0.596. The van der Waals surface area contributed by atoms with Crippen LogP contribution >= 0.6 is 25.3 Å². The van der Waals surface area contributed by atoms with Crippen molar-refractivity contribution in [2.75, 3.05) is 12.4 Å². The summed E-state index contributed by atoms with van der Waals surface area (Å²) in [6, 6.07) is -1.21. The molecule has 0 aromatic rings. The molecule has 9 heteroatoms. The molecule has 0 bridgehead atoms. The van der Waals surface area contributed by atoms with Crippen LogP contribution in [0.5, 0.6) is 0 Å². The summed E-state index contributed by atoms with van der Waals surface area (Å²) in [5.74, 6) is -0.776. The van der Waals surface area contributed by atoms with Crippen LogP contribution in [0.3, 0.4) is 0 Å². The smallest absolute Gasteiger partial charge is 0.328 e. The SMILES string of the molecule is O=C(CCCCC(S)CCS)N[C@@H](CO)C(=O)O.[Na].[Zn]. The number of carboxylic acid groups (broad SMARTS) is 1. The van der Waals surface area contributed by atoms with Gasteiger partial charge in [-0.25, -0.2) is 4.79 Å². The number of aliphatic hydroxyl groups is 1. The number of hydrogen-bond acceptors (Lipinski definition) is 5. The van der Waals surface area contributed by atoms with Crippen LogP contribution in [0.25, 0.3) is 0 Å². The van der Waals surface area contributed by atoms with Gasteiger partial charge in [0.05, 0.1) is 6.61 Å². The van der Waals surface area contributed by atoms with Gasteiger partial charge < -0.3 is 15.5 Å². The van der Waals surface area contributed by atoms with Crippen LogP contribution < -0.4 is 5.32 Å². The maximum atomic E-state index is 11.4. The molecule has 0 fully saturated rings. The average Bonchev–Trinajstić information content (AvgIpc) is 2.31. The van der Waals surface area contributed by atoms with Crippen molar-refractivity contribution in [1.82, 2.24) is 5.32 Å². The number of aliphatic carboxylic acids is 1. The topological polar surface area (TPSA) is 86.6 Å². The molecule has 1 unspecified atom stereocenters. The number of nitrogens with one attached hydrogen (secondary N) is 1. The zero-order valence-electron chi connectivity index (χ0n) is 11.9. The molecule has 0 saturated carbocycles. The Hall–Kier alpha value is 1.22. The second kappa shape index (κ2) is 16.6. The van der Waals surface area contributed by atoms with Gasteiger partial charge in [-0.05, 0) is 25.0 Å². The molecule has 0 heterocycles. The summed E-state index contributed by atoms with van der Waals surface area (Å²) < 4.78 is 0. The van der Waals surface area contributed by atoms with Crippen LogP contribution in [-0.4, -0.2) is 75.3 Å². The number of thiol groups is 2. The number of rotatable bonds is 10. The van der Waals surface area contributed by atoms with Crippen LogP contribution in [-0.2, 0) is 29.1 Å². The molecule has 3 N–H and O–H groups in total. The first kappa shape index (κ1) is 26.1. The third kappa shape index (κ3) is 14.2. The molecule has 0 spiro atoms. The Morgan fingerprint density at radius 3 is 2.25 bits per heavy atom. The molecule has 0 aliphatic carbocycles. The van der Waals surface area contributed by atoms with E-state index in [1.807, 2.05) is 0 Å². The van der Waals surface area contributed by atoms with Gasteiger partial charge in [0.2, 0.25) is 5.91 Å². The van der Waals surface area contributed by atoms with Crippen molar-refractivity contribution >= 4 is 66.7 Å². The summed E-state index contributed by atoms with van der Waals surface area (Å²) in [5, 5.41) is 19.9. The van der Waals surface area contributed by atoms with Gasteiger partial charge >= 0.3 is 5.97 Å². The number of carbonyl (C=O) groups is 2. The fourth-order valence-corrected chi connectivity index (χ4v) is 2.24. The van der Waals surface area contributed by atoms with Crippen molar-refractivity contribution in [2.45, 2.75) is 43.4 Å². The normalized spacial score (nSPS) is 12.6. The number of aliphatic hydroxyl groups excluding tert-OH is 1. The van der Waals surface area contributed by atoms with Crippen molar-refractivity contribution in [3.05, 3.63) is 0 Å². The van der Waals surface area contributed by atoms with E-state index in [2.05, 4.69) is 30.6 Å². The van der Waals surface area contributed by atoms with E-state index in [0.717, 1.165) is 25.0 Å². The first-order valence-corrected chi connectivity index (χ1v) is 7.08. The van der Waals surface area contributed by atoms with Crippen molar-refractivity contribution < 1.29 is 39.3 Å². The van der Waals surface area contributed by atoms with Gasteiger partial charge in [0.15, 0.2) is 0 Å². The number of carbonyl (C=O) groups excluding carboxylic acids is 1. The van der Waals surface area contributed by atoms with Gasteiger partial charge in [0.1, 0.15) is 6.04 Å². The first-order chi connectivity index (χ1) is 8.51. The number of carboxylic acids is 1. The van der Waals surface area contributed by atoms with E-state index in [4.69, 9.17) is 10.2 Å². The maximum absolute atomic E-state index is 11.4. The molecule has 0 aliphatic rings. The minimum absolute atomic E-state index is 0. The molecule has 0 saturated heterocycles. The number of hydrogen-bond donors (Lipinski definition) is 5. The monoisotopic (exact) mass is 382 g/mol. The van der Waals surface area contributed by atoms with Crippen molar-refractivity contribution in [3.8, 4) is 0 Å². The molecule has 0 rings (SSSR count). The van der Waals surface area contributed by atoms with Crippen LogP contribution in [0.4, 0.5) is 0 Å². The van der Waals surface area contributed by atoms with Crippen molar-refractivity contribution in [2.24, 2.45) is 0 Å². The zero-order chi connectivity index (χ0) is 14.0. The molecule has 20 heavy (non-hydrogen) atoms. The zero-order valence-corrected chi connectivity index (χ0v) is 18.7. The van der Waals surface area contributed by atoms with Gasteiger partial charge in [-0.2, -0.15) is 25.3 Å². The van der Waals surface area contributed by atoms with Crippen LogP contribution in [0.1, 0.15) is 32.1 Å². The van der Waals surface area contributed by atoms with Crippen LogP contribution in [0.2, 0.25) is 0 Å². The van der Waals surface area contributed by atoms with E-state index in [1.54, 1.807) is 0 Å². The minimum atomic E-state index is -1.23. The van der Waals surface area contributed by atoms with Crippen LogP contribution in [0, 0.1) is 0 Å². The van der Waals surface area contributed by atoms with Crippen molar-refractivity contribution in [1.29, 1.82) is 0 Å². The Morgan fingerprint density at radius 2 is 1.80 bits per heavy atom. The third-order valence-electron chi connectivity index (χ3n) is 2.47. The van der Waals surface area contributed by atoms with E-state index >= 15 is 0 Å². The number of amides is 1. The Labute approximate surface area is 165 Å². The van der Waals surface area contributed by atoms with E-state index in [9.17, 15) is 9.59 Å². The number of unbranched alkanes of at least 4 members (excludes halogenated alkanes) is 1. The molecule has 0 aromatic carbocycles. The molecule has 1 radical (unpaired) electrons. The summed E-state index contributed by atoms with van der Waals surface area (Å²) >= 11 is 8.48. The second-order valence-corrected chi connectivity index (χ2v) is 5.23. The Bertz CT molecular complexity index is 275. The average molecular weight is 384 g/mol. The fraction of sp³-hybridized carbons (Fsp3) is 0.818. The largest absolute Gasteiger partial charge is 0.480 e. The summed E-state index contributed by atoms with van der Waals surface area (Å²) in [5.41, 5.74) is 0. The van der Waals surface area contributed by atoms with Crippen LogP contribution in [0.15, 0.2) is 0 Å². The Morgan fingerprint density at radius 1 is 1.20 bits per heavy atom. The summed E-state index contributed by atoms with van der Waals surface area (Å²) in [6.07, 6.45) is 3.67. The third-order valence-corrected chi connectivity index (χ3v) is 3.24. The van der Waals surface area contributed by atoms with E-state index in [-0.39, 0.29) is 61.4 Å². The van der Waals surface area contributed by atoms with Gasteiger partial charge in [-0.1, -0.05) is 6.42 Å². The van der Waals surface area contributed by atoms with Gasteiger partial charge in [0.25, 0.3) is 0 Å².